The van der Waals surface area contributed by atoms with Crippen molar-refractivity contribution in [2.45, 2.75) is 0 Å². The highest BCUT2D eigenvalue weighted by Crippen LogP contribution is 2.40. The van der Waals surface area contributed by atoms with E-state index in [0.29, 0.717) is 41.0 Å². The van der Waals surface area contributed by atoms with E-state index in [-0.39, 0.29) is 5.82 Å². The van der Waals surface area contributed by atoms with E-state index in [1.165, 1.54) is 12.1 Å². The highest BCUT2D eigenvalue weighted by Gasteiger charge is 2.21. The van der Waals surface area contributed by atoms with Gasteiger partial charge in [-0.1, -0.05) is 11.6 Å². The molecule has 0 bridgehead atoms. The van der Waals surface area contributed by atoms with E-state index in [4.69, 9.17) is 16.3 Å². The van der Waals surface area contributed by atoms with Crippen molar-refractivity contribution >= 4 is 23.1 Å². The molecule has 0 spiro atoms. The minimum absolute atomic E-state index is 0.339. The molecule has 1 aliphatic rings. The van der Waals surface area contributed by atoms with Gasteiger partial charge in [0, 0.05) is 41.2 Å². The molecule has 0 fully saturated rings. The lowest BCUT2D eigenvalue weighted by atomic mass is 10.0. The van der Waals surface area contributed by atoms with E-state index in [1.807, 2.05) is 13.1 Å². The Morgan fingerprint density at radius 1 is 1.19 bits per heavy atom. The Bertz CT molecular complexity index is 980. The van der Waals surface area contributed by atoms with E-state index in [1.54, 1.807) is 24.5 Å². The van der Waals surface area contributed by atoms with E-state index in [9.17, 15) is 4.39 Å². The standard InChI is InChI=1S/C19H16ClFN4O/c1-22-13-6-11(9-23-10-13)14-8-17(15-7-12(20)2-3-16(15)21)25-19-18(14)26-5-4-24-19/h2-3,6-10,22H,4-5H2,1H3,(H,24,25). The van der Waals surface area contributed by atoms with Crippen molar-refractivity contribution in [1.29, 1.82) is 0 Å². The van der Waals surface area contributed by atoms with Crippen LogP contribution in [0.25, 0.3) is 22.4 Å². The number of nitrogens with zero attached hydrogens (tertiary/aromatic N) is 2. The van der Waals surface area contributed by atoms with Crippen LogP contribution in [0.2, 0.25) is 5.02 Å². The summed E-state index contributed by atoms with van der Waals surface area (Å²) in [4.78, 5) is 8.80. The third-order valence-electron chi connectivity index (χ3n) is 4.16. The van der Waals surface area contributed by atoms with Gasteiger partial charge in [-0.3, -0.25) is 4.98 Å². The lowest BCUT2D eigenvalue weighted by Crippen LogP contribution is -2.20. The summed E-state index contributed by atoms with van der Waals surface area (Å²) in [7, 11) is 1.83. The number of halogens is 2. The second-order valence-corrected chi connectivity index (χ2v) is 6.28. The van der Waals surface area contributed by atoms with Crippen LogP contribution in [0.15, 0.2) is 42.7 Å². The zero-order valence-electron chi connectivity index (χ0n) is 14.0. The van der Waals surface area contributed by atoms with Crippen LogP contribution >= 0.6 is 11.6 Å². The molecule has 1 aromatic carbocycles. The first kappa shape index (κ1) is 16.6. The topological polar surface area (TPSA) is 59.1 Å². The molecule has 3 heterocycles. The van der Waals surface area contributed by atoms with Crippen LogP contribution in [0, 0.1) is 5.82 Å². The molecule has 0 saturated heterocycles. The lowest BCUT2D eigenvalue weighted by molar-refractivity contribution is 0.323. The van der Waals surface area contributed by atoms with Gasteiger partial charge < -0.3 is 15.4 Å². The Labute approximate surface area is 155 Å². The molecule has 0 amide bonds. The first-order valence-corrected chi connectivity index (χ1v) is 8.54. The molecule has 26 heavy (non-hydrogen) atoms. The number of anilines is 2. The van der Waals surface area contributed by atoms with Gasteiger partial charge in [0.05, 0.1) is 17.9 Å². The molecule has 0 saturated carbocycles. The normalized spacial score (nSPS) is 12.7. The number of benzene rings is 1. The Hall–Kier alpha value is -2.86. The largest absolute Gasteiger partial charge is 0.487 e. The number of ether oxygens (including phenoxy) is 1. The second kappa shape index (κ2) is 6.80. The molecule has 0 radical (unpaired) electrons. The van der Waals surface area contributed by atoms with E-state index in [0.717, 1.165) is 16.8 Å². The van der Waals surface area contributed by atoms with Gasteiger partial charge in [0.25, 0.3) is 0 Å². The molecule has 0 aliphatic carbocycles. The summed E-state index contributed by atoms with van der Waals surface area (Å²) in [5.74, 6) is 0.835. The SMILES string of the molecule is CNc1cncc(-c2cc(-c3cc(Cl)ccc3F)nc3c2OCCN3)c1. The molecule has 5 nitrogen and oxygen atoms in total. The van der Waals surface area contributed by atoms with Gasteiger partial charge in [0.15, 0.2) is 11.6 Å². The first-order valence-electron chi connectivity index (χ1n) is 8.16. The number of rotatable bonds is 3. The van der Waals surface area contributed by atoms with Crippen molar-refractivity contribution in [3.63, 3.8) is 0 Å². The molecular weight excluding hydrogens is 355 g/mol. The van der Waals surface area contributed by atoms with Crippen LogP contribution in [0.3, 0.4) is 0 Å². The predicted octanol–water partition coefficient (Wildman–Crippen LogP) is 4.45. The van der Waals surface area contributed by atoms with Crippen LogP contribution < -0.4 is 15.4 Å². The van der Waals surface area contributed by atoms with Crippen LogP contribution in [-0.4, -0.2) is 30.2 Å². The number of nitrogens with one attached hydrogen (secondary N) is 2. The fourth-order valence-electron chi connectivity index (χ4n) is 2.89. The molecule has 2 aromatic heterocycles. The first-order chi connectivity index (χ1) is 12.7. The van der Waals surface area contributed by atoms with Crippen molar-refractivity contribution in [1.82, 2.24) is 9.97 Å². The second-order valence-electron chi connectivity index (χ2n) is 5.84. The summed E-state index contributed by atoms with van der Waals surface area (Å²) >= 11 is 6.05. The van der Waals surface area contributed by atoms with Crippen LogP contribution in [0.5, 0.6) is 5.75 Å². The quantitative estimate of drug-likeness (QED) is 0.713. The smallest absolute Gasteiger partial charge is 0.170 e. The van der Waals surface area contributed by atoms with Crippen LogP contribution in [-0.2, 0) is 0 Å². The van der Waals surface area contributed by atoms with Gasteiger partial charge in [0.2, 0.25) is 0 Å². The third kappa shape index (κ3) is 3.04. The molecule has 132 valence electrons. The van der Waals surface area contributed by atoms with Crippen molar-refractivity contribution in [2.75, 3.05) is 30.8 Å². The molecule has 1 aliphatic heterocycles. The summed E-state index contributed by atoms with van der Waals surface area (Å²) in [5.41, 5.74) is 3.33. The Balaban J connectivity index is 1.94. The summed E-state index contributed by atoms with van der Waals surface area (Å²) in [5, 5.41) is 6.74. The number of hydrogen-bond acceptors (Lipinski definition) is 5. The fraction of sp³-hybridized carbons (Fsp3) is 0.158. The van der Waals surface area contributed by atoms with Gasteiger partial charge in [0.1, 0.15) is 12.4 Å². The van der Waals surface area contributed by atoms with Gasteiger partial charge in [-0.25, -0.2) is 9.37 Å². The highest BCUT2D eigenvalue weighted by molar-refractivity contribution is 6.30. The summed E-state index contributed by atoms with van der Waals surface area (Å²) in [6.45, 7) is 1.17. The van der Waals surface area contributed by atoms with E-state index >= 15 is 0 Å². The summed E-state index contributed by atoms with van der Waals surface area (Å²) in [6.07, 6.45) is 3.47. The lowest BCUT2D eigenvalue weighted by Gasteiger charge is -2.22. The maximum Gasteiger partial charge on any atom is 0.170 e. The van der Waals surface area contributed by atoms with E-state index in [2.05, 4.69) is 20.6 Å². The Kier molecular flexibility index (Phi) is 4.34. The van der Waals surface area contributed by atoms with Gasteiger partial charge >= 0.3 is 0 Å². The van der Waals surface area contributed by atoms with Gasteiger partial charge in [-0.15, -0.1) is 0 Å². The zero-order chi connectivity index (χ0) is 18.1. The van der Waals surface area contributed by atoms with Crippen molar-refractivity contribution in [3.8, 4) is 28.1 Å². The third-order valence-corrected chi connectivity index (χ3v) is 4.39. The van der Waals surface area contributed by atoms with Gasteiger partial charge in [-0.2, -0.15) is 0 Å². The molecule has 0 atom stereocenters. The maximum atomic E-state index is 14.4. The highest BCUT2D eigenvalue weighted by atomic mass is 35.5. The molecule has 2 N–H and O–H groups in total. The molecule has 4 rings (SSSR count). The van der Waals surface area contributed by atoms with Gasteiger partial charge in [-0.05, 0) is 30.3 Å². The van der Waals surface area contributed by atoms with E-state index < -0.39 is 0 Å². The maximum absolute atomic E-state index is 14.4. The minimum Gasteiger partial charge on any atom is -0.487 e. The average Bonchev–Trinajstić information content (AvgIpc) is 2.69. The molecule has 0 unspecified atom stereocenters. The zero-order valence-corrected chi connectivity index (χ0v) is 14.8. The van der Waals surface area contributed by atoms with Crippen LogP contribution in [0.4, 0.5) is 15.9 Å². The number of pyridine rings is 2. The van der Waals surface area contributed by atoms with Crippen molar-refractivity contribution < 1.29 is 9.13 Å². The summed E-state index contributed by atoms with van der Waals surface area (Å²) < 4.78 is 20.2. The molecule has 3 aromatic rings. The minimum atomic E-state index is -0.383. The average molecular weight is 371 g/mol. The monoisotopic (exact) mass is 370 g/mol. The fourth-order valence-corrected chi connectivity index (χ4v) is 3.06. The molecular formula is C19H16ClFN4O. The summed E-state index contributed by atoms with van der Waals surface area (Å²) in [6, 6.07) is 8.18. The number of hydrogen-bond donors (Lipinski definition) is 2. The Morgan fingerprint density at radius 3 is 2.92 bits per heavy atom. The van der Waals surface area contributed by atoms with Crippen molar-refractivity contribution in [2.24, 2.45) is 0 Å². The van der Waals surface area contributed by atoms with Crippen LogP contribution in [0.1, 0.15) is 0 Å². The molecule has 7 heteroatoms. The van der Waals surface area contributed by atoms with Crippen molar-refractivity contribution in [3.05, 3.63) is 53.6 Å². The number of fused-ring (bicyclic) bond motifs is 1. The Morgan fingerprint density at radius 2 is 2.08 bits per heavy atom. The number of aromatic nitrogens is 2. The predicted molar refractivity (Wildman–Crippen MR) is 101 cm³/mol.